The molecule has 0 aliphatic rings. The Morgan fingerprint density at radius 1 is 1.12 bits per heavy atom. The molecule has 4 aromatic rings. The number of thiazole rings is 1. The number of aromatic nitrogens is 2. The van der Waals surface area contributed by atoms with Crippen molar-refractivity contribution in [2.75, 3.05) is 11.9 Å². The van der Waals surface area contributed by atoms with Crippen molar-refractivity contribution in [1.82, 2.24) is 10.1 Å². The Bertz CT molecular complexity index is 1320. The molecule has 2 aromatic carbocycles. The number of nitrogens with zero attached hydrogens (tertiary/aromatic N) is 2. The van der Waals surface area contributed by atoms with Crippen molar-refractivity contribution in [1.29, 1.82) is 0 Å². The quantitative estimate of drug-likeness (QED) is 0.337. The normalized spacial score (nSPS) is 10.8. The molecule has 0 aliphatic heterocycles. The fourth-order valence-electron chi connectivity index (χ4n) is 3.06. The molecule has 0 aliphatic carbocycles. The molecule has 33 heavy (non-hydrogen) atoms. The lowest BCUT2D eigenvalue weighted by Gasteiger charge is -2.05. The maximum Gasteiger partial charge on any atom is 0.346 e. The van der Waals surface area contributed by atoms with E-state index in [4.69, 9.17) is 20.9 Å². The van der Waals surface area contributed by atoms with Crippen LogP contribution >= 0.6 is 22.9 Å². The van der Waals surface area contributed by atoms with Gasteiger partial charge in [0, 0.05) is 16.1 Å². The number of hydrogen-bond donors (Lipinski definition) is 1. The summed E-state index contributed by atoms with van der Waals surface area (Å²) < 4.78 is 23.7. The van der Waals surface area contributed by atoms with E-state index in [1.165, 1.54) is 12.1 Å². The fourth-order valence-corrected chi connectivity index (χ4v) is 4.15. The summed E-state index contributed by atoms with van der Waals surface area (Å²) in [6.45, 7) is 3.49. The molecule has 2 heterocycles. The first-order valence-corrected chi connectivity index (χ1v) is 11.0. The number of hydrogen-bond acceptors (Lipinski definition) is 7. The smallest absolute Gasteiger partial charge is 0.346 e. The lowest BCUT2D eigenvalue weighted by molar-refractivity contribution is 0.0528. The minimum absolute atomic E-state index is 0.00607. The van der Waals surface area contributed by atoms with Crippen LogP contribution in [0.25, 0.3) is 21.8 Å². The largest absolute Gasteiger partial charge is 0.462 e. The molecule has 0 saturated carbocycles. The topological polar surface area (TPSA) is 94.3 Å². The molecule has 0 saturated heterocycles. The van der Waals surface area contributed by atoms with E-state index >= 15 is 0 Å². The Hall–Kier alpha value is -3.56. The molecule has 7 nitrogen and oxygen atoms in total. The minimum Gasteiger partial charge on any atom is -0.462 e. The molecule has 0 unspecified atom stereocenters. The van der Waals surface area contributed by atoms with E-state index in [0.717, 1.165) is 11.3 Å². The maximum absolute atomic E-state index is 13.2. The van der Waals surface area contributed by atoms with Crippen molar-refractivity contribution < 1.29 is 23.2 Å². The number of halogens is 2. The molecule has 0 radical (unpaired) electrons. The predicted molar refractivity (Wildman–Crippen MR) is 123 cm³/mol. The highest BCUT2D eigenvalue weighted by molar-refractivity contribution is 7.17. The van der Waals surface area contributed by atoms with Gasteiger partial charge in [-0.05, 0) is 50.2 Å². The SMILES string of the molecule is CCOC(=O)c1c(-c2ccc(Cl)cc2)noc1NC(=O)c1sc(-c2ccc(F)cc2)nc1C. The number of carbonyl (C=O) groups is 2. The summed E-state index contributed by atoms with van der Waals surface area (Å²) in [5.74, 6) is -1.72. The zero-order valence-electron chi connectivity index (χ0n) is 17.5. The third kappa shape index (κ3) is 4.79. The number of carbonyl (C=O) groups excluding carboxylic acids is 2. The fraction of sp³-hybridized carbons (Fsp3) is 0.130. The summed E-state index contributed by atoms with van der Waals surface area (Å²) in [5, 5.41) is 7.64. The second kappa shape index (κ2) is 9.51. The van der Waals surface area contributed by atoms with Gasteiger partial charge >= 0.3 is 5.97 Å². The van der Waals surface area contributed by atoms with Crippen LogP contribution < -0.4 is 5.32 Å². The number of aryl methyl sites for hydroxylation is 1. The Morgan fingerprint density at radius 2 is 1.79 bits per heavy atom. The van der Waals surface area contributed by atoms with E-state index in [1.54, 1.807) is 50.2 Å². The number of rotatable bonds is 6. The first-order valence-electron chi connectivity index (χ1n) is 9.84. The van der Waals surface area contributed by atoms with Gasteiger partial charge in [-0.25, -0.2) is 14.2 Å². The van der Waals surface area contributed by atoms with Crippen LogP contribution in [0.2, 0.25) is 5.02 Å². The predicted octanol–water partition coefficient (Wildman–Crippen LogP) is 6.00. The molecule has 0 atom stereocenters. The van der Waals surface area contributed by atoms with Crippen LogP contribution in [0.1, 0.15) is 32.6 Å². The van der Waals surface area contributed by atoms with Crippen LogP contribution in [0.4, 0.5) is 10.3 Å². The van der Waals surface area contributed by atoms with Crippen molar-refractivity contribution in [2.24, 2.45) is 0 Å². The van der Waals surface area contributed by atoms with Crippen molar-refractivity contribution in [3.05, 3.63) is 75.5 Å². The van der Waals surface area contributed by atoms with Crippen molar-refractivity contribution in [3.8, 4) is 21.8 Å². The highest BCUT2D eigenvalue weighted by Crippen LogP contribution is 2.32. The lowest BCUT2D eigenvalue weighted by atomic mass is 10.1. The first-order chi connectivity index (χ1) is 15.9. The van der Waals surface area contributed by atoms with Gasteiger partial charge in [-0.15, -0.1) is 11.3 Å². The number of ether oxygens (including phenoxy) is 1. The van der Waals surface area contributed by atoms with Gasteiger partial charge in [0.1, 0.15) is 21.4 Å². The van der Waals surface area contributed by atoms with Crippen LogP contribution in [0.3, 0.4) is 0 Å². The van der Waals surface area contributed by atoms with E-state index in [2.05, 4.69) is 15.5 Å². The van der Waals surface area contributed by atoms with Gasteiger partial charge in [0.25, 0.3) is 5.91 Å². The lowest BCUT2D eigenvalue weighted by Crippen LogP contribution is -2.15. The van der Waals surface area contributed by atoms with Crippen LogP contribution in [0, 0.1) is 12.7 Å². The second-order valence-corrected chi connectivity index (χ2v) is 8.29. The van der Waals surface area contributed by atoms with E-state index in [-0.39, 0.29) is 29.6 Å². The average Bonchev–Trinajstić information content (AvgIpc) is 3.39. The monoisotopic (exact) mass is 485 g/mol. The Balaban J connectivity index is 1.66. The first kappa shape index (κ1) is 22.6. The standard InChI is InChI=1S/C23H17ClFN3O4S/c1-3-31-23(30)17-18(13-4-8-15(24)9-5-13)28-32-21(17)27-20(29)19-12(2)26-22(33-19)14-6-10-16(25)11-7-14/h4-11H,3H2,1-2H3,(H,27,29). The highest BCUT2D eigenvalue weighted by atomic mass is 35.5. The summed E-state index contributed by atoms with van der Waals surface area (Å²) in [6, 6.07) is 12.5. The molecule has 10 heteroatoms. The van der Waals surface area contributed by atoms with Crippen LogP contribution in [0.5, 0.6) is 0 Å². The number of amides is 1. The number of esters is 1. The minimum atomic E-state index is -0.688. The molecule has 0 fully saturated rings. The molecule has 2 aromatic heterocycles. The summed E-state index contributed by atoms with van der Waals surface area (Å²) in [7, 11) is 0. The molecule has 168 valence electrons. The molecule has 1 N–H and O–H groups in total. The molecule has 1 amide bonds. The highest BCUT2D eigenvalue weighted by Gasteiger charge is 2.28. The molecular formula is C23H17ClFN3O4S. The van der Waals surface area contributed by atoms with Crippen molar-refractivity contribution in [3.63, 3.8) is 0 Å². The summed E-state index contributed by atoms with van der Waals surface area (Å²) in [5.41, 5.74) is 1.94. The molecule has 0 spiro atoms. The van der Waals surface area contributed by atoms with Crippen LogP contribution in [-0.4, -0.2) is 28.6 Å². The van der Waals surface area contributed by atoms with Crippen molar-refractivity contribution in [2.45, 2.75) is 13.8 Å². The third-order valence-electron chi connectivity index (χ3n) is 4.61. The summed E-state index contributed by atoms with van der Waals surface area (Å²) in [4.78, 5) is 30.4. The van der Waals surface area contributed by atoms with Crippen LogP contribution in [0.15, 0.2) is 53.1 Å². The average molecular weight is 486 g/mol. The van der Waals surface area contributed by atoms with Gasteiger partial charge in [-0.3, -0.25) is 10.1 Å². The van der Waals surface area contributed by atoms with Gasteiger partial charge in [0.15, 0.2) is 5.56 Å². The summed E-state index contributed by atoms with van der Waals surface area (Å²) in [6.07, 6.45) is 0. The second-order valence-electron chi connectivity index (χ2n) is 6.86. The van der Waals surface area contributed by atoms with E-state index in [0.29, 0.717) is 31.7 Å². The number of nitrogens with one attached hydrogen (secondary N) is 1. The molecule has 4 rings (SSSR count). The van der Waals surface area contributed by atoms with Crippen molar-refractivity contribution >= 4 is 40.7 Å². The summed E-state index contributed by atoms with van der Waals surface area (Å²) >= 11 is 7.08. The zero-order valence-corrected chi connectivity index (χ0v) is 19.1. The zero-order chi connectivity index (χ0) is 23.5. The van der Waals surface area contributed by atoms with Gasteiger partial charge in [0.05, 0.1) is 12.3 Å². The van der Waals surface area contributed by atoms with Gasteiger partial charge < -0.3 is 9.26 Å². The Kier molecular flexibility index (Phi) is 6.52. The van der Waals surface area contributed by atoms with E-state index < -0.39 is 11.9 Å². The Labute approximate surface area is 197 Å². The van der Waals surface area contributed by atoms with Gasteiger partial charge in [-0.1, -0.05) is 28.9 Å². The number of benzene rings is 2. The third-order valence-corrected chi connectivity index (χ3v) is 6.07. The van der Waals surface area contributed by atoms with Crippen LogP contribution in [-0.2, 0) is 4.74 Å². The van der Waals surface area contributed by atoms with E-state index in [9.17, 15) is 14.0 Å². The van der Waals surface area contributed by atoms with Gasteiger partial charge in [0.2, 0.25) is 5.88 Å². The van der Waals surface area contributed by atoms with E-state index in [1.807, 2.05) is 0 Å². The molecule has 0 bridgehead atoms. The molecular weight excluding hydrogens is 469 g/mol. The number of anilines is 1. The Morgan fingerprint density at radius 3 is 2.45 bits per heavy atom. The maximum atomic E-state index is 13.2. The van der Waals surface area contributed by atoms with Gasteiger partial charge in [-0.2, -0.15) is 0 Å².